The molecule has 1 atom stereocenters. The Balaban J connectivity index is 2.70. The van der Waals surface area contributed by atoms with Gasteiger partial charge in [-0.25, -0.2) is 8.78 Å². The zero-order chi connectivity index (χ0) is 11.3. The molecule has 1 aromatic carbocycles. The lowest BCUT2D eigenvalue weighted by molar-refractivity contribution is 0.169. The maximum absolute atomic E-state index is 13.3. The van der Waals surface area contributed by atoms with Crippen LogP contribution in [0.1, 0.15) is 5.56 Å². The molecule has 0 aliphatic rings. The Labute approximate surface area is 88.3 Å². The Morgan fingerprint density at radius 3 is 2.67 bits per heavy atom. The van der Waals surface area contributed by atoms with Crippen molar-refractivity contribution in [2.75, 3.05) is 20.8 Å². The van der Waals surface area contributed by atoms with Crippen molar-refractivity contribution >= 4 is 0 Å². The number of halogens is 2. The van der Waals surface area contributed by atoms with Crippen LogP contribution in [0.15, 0.2) is 18.2 Å². The number of nitrogens with one attached hydrogen (secondary N) is 1. The second kappa shape index (κ2) is 5.78. The minimum atomic E-state index is -0.552. The summed E-state index contributed by atoms with van der Waals surface area (Å²) in [6.07, 6.45) is 0.483. The predicted molar refractivity (Wildman–Crippen MR) is 54.8 cm³/mol. The molecule has 0 spiro atoms. The number of ether oxygens (including phenoxy) is 1. The highest BCUT2D eigenvalue weighted by molar-refractivity contribution is 5.19. The third-order valence-corrected chi connectivity index (χ3v) is 2.26. The topological polar surface area (TPSA) is 21.3 Å². The predicted octanol–water partition coefficient (Wildman–Crippen LogP) is 1.74. The summed E-state index contributed by atoms with van der Waals surface area (Å²) in [5.41, 5.74) is 0.493. The van der Waals surface area contributed by atoms with Gasteiger partial charge in [-0.1, -0.05) is 6.07 Å². The summed E-state index contributed by atoms with van der Waals surface area (Å²) in [6, 6.07) is 3.66. The third kappa shape index (κ3) is 3.57. The van der Waals surface area contributed by atoms with Gasteiger partial charge < -0.3 is 10.1 Å². The second-order valence-electron chi connectivity index (χ2n) is 3.38. The summed E-state index contributed by atoms with van der Waals surface area (Å²) in [5.74, 6) is -1.06. The molecule has 0 saturated carbocycles. The van der Waals surface area contributed by atoms with E-state index in [-0.39, 0.29) is 6.04 Å². The number of hydrogen-bond acceptors (Lipinski definition) is 2. The minimum Gasteiger partial charge on any atom is -0.383 e. The lowest BCUT2D eigenvalue weighted by atomic mass is 10.1. The van der Waals surface area contributed by atoms with Crippen molar-refractivity contribution in [2.45, 2.75) is 12.5 Å². The molecule has 0 saturated heterocycles. The maximum atomic E-state index is 13.3. The van der Waals surface area contributed by atoms with Gasteiger partial charge in [0.2, 0.25) is 0 Å². The Bertz CT molecular complexity index is 317. The van der Waals surface area contributed by atoms with Crippen LogP contribution in [0, 0.1) is 11.6 Å². The fraction of sp³-hybridized carbons (Fsp3) is 0.455. The molecule has 84 valence electrons. The van der Waals surface area contributed by atoms with E-state index in [0.29, 0.717) is 18.6 Å². The molecule has 4 heteroatoms. The molecule has 0 radical (unpaired) electrons. The van der Waals surface area contributed by atoms with E-state index < -0.39 is 11.6 Å². The molecule has 0 fully saturated rings. The van der Waals surface area contributed by atoms with E-state index in [1.165, 1.54) is 12.1 Å². The number of hydrogen-bond donors (Lipinski definition) is 1. The van der Waals surface area contributed by atoms with Gasteiger partial charge in [-0.05, 0) is 25.1 Å². The summed E-state index contributed by atoms with van der Waals surface area (Å²) in [5, 5.41) is 3.01. The van der Waals surface area contributed by atoms with E-state index in [9.17, 15) is 8.78 Å². The lowest BCUT2D eigenvalue weighted by Gasteiger charge is -2.15. The molecule has 1 unspecified atom stereocenters. The summed E-state index contributed by atoms with van der Waals surface area (Å²) < 4.78 is 30.9. The van der Waals surface area contributed by atoms with Crippen LogP contribution < -0.4 is 5.32 Å². The van der Waals surface area contributed by atoms with Gasteiger partial charge in [0.25, 0.3) is 0 Å². The first-order chi connectivity index (χ1) is 7.17. The second-order valence-corrected chi connectivity index (χ2v) is 3.38. The summed E-state index contributed by atoms with van der Waals surface area (Å²) in [7, 11) is 3.37. The highest BCUT2D eigenvalue weighted by Crippen LogP contribution is 2.11. The average molecular weight is 215 g/mol. The molecular weight excluding hydrogens is 200 g/mol. The van der Waals surface area contributed by atoms with Crippen molar-refractivity contribution in [2.24, 2.45) is 0 Å². The van der Waals surface area contributed by atoms with Crippen LogP contribution in [0.2, 0.25) is 0 Å². The van der Waals surface area contributed by atoms with Crippen LogP contribution in [0.25, 0.3) is 0 Å². The molecule has 1 N–H and O–H groups in total. The summed E-state index contributed by atoms with van der Waals surface area (Å²) >= 11 is 0. The summed E-state index contributed by atoms with van der Waals surface area (Å²) in [6.45, 7) is 0.493. The van der Waals surface area contributed by atoms with E-state index >= 15 is 0 Å². The highest BCUT2D eigenvalue weighted by Gasteiger charge is 2.10. The fourth-order valence-corrected chi connectivity index (χ4v) is 1.40. The van der Waals surface area contributed by atoms with Gasteiger partial charge in [-0.15, -0.1) is 0 Å². The Morgan fingerprint density at radius 1 is 1.40 bits per heavy atom. The van der Waals surface area contributed by atoms with Crippen LogP contribution in [0.3, 0.4) is 0 Å². The van der Waals surface area contributed by atoms with E-state index in [4.69, 9.17) is 4.74 Å². The van der Waals surface area contributed by atoms with Crippen molar-refractivity contribution in [1.29, 1.82) is 0 Å². The molecule has 0 bridgehead atoms. The first-order valence-electron chi connectivity index (χ1n) is 4.77. The van der Waals surface area contributed by atoms with Crippen molar-refractivity contribution < 1.29 is 13.5 Å². The Kier molecular flexibility index (Phi) is 4.65. The maximum Gasteiger partial charge on any atom is 0.129 e. The smallest absolute Gasteiger partial charge is 0.129 e. The van der Waals surface area contributed by atoms with Gasteiger partial charge in [0, 0.05) is 19.2 Å². The normalized spacial score (nSPS) is 12.8. The molecule has 0 heterocycles. The van der Waals surface area contributed by atoms with Gasteiger partial charge in [0.15, 0.2) is 0 Å². The van der Waals surface area contributed by atoms with Gasteiger partial charge >= 0.3 is 0 Å². The van der Waals surface area contributed by atoms with Gasteiger partial charge in [0.05, 0.1) is 6.61 Å². The molecule has 0 aliphatic heterocycles. The van der Waals surface area contributed by atoms with Crippen molar-refractivity contribution in [1.82, 2.24) is 5.32 Å². The number of methoxy groups -OCH3 is 1. The molecule has 15 heavy (non-hydrogen) atoms. The zero-order valence-corrected chi connectivity index (χ0v) is 8.89. The quantitative estimate of drug-likeness (QED) is 0.807. The van der Waals surface area contributed by atoms with Gasteiger partial charge in [0.1, 0.15) is 11.6 Å². The molecule has 1 rings (SSSR count). The van der Waals surface area contributed by atoms with Crippen LogP contribution in [0.5, 0.6) is 0 Å². The Morgan fingerprint density at radius 2 is 2.13 bits per heavy atom. The standard InChI is InChI=1S/C11H15F2NO/c1-14-10(7-15-2)5-8-3-4-9(12)6-11(8)13/h3-4,6,10,14H,5,7H2,1-2H3. The number of likely N-dealkylation sites (N-methyl/N-ethyl adjacent to an activating group) is 1. The van der Waals surface area contributed by atoms with Crippen LogP contribution in [0.4, 0.5) is 8.78 Å². The molecule has 0 aromatic heterocycles. The van der Waals surface area contributed by atoms with Crippen LogP contribution in [-0.4, -0.2) is 26.8 Å². The van der Waals surface area contributed by atoms with Crippen LogP contribution >= 0.6 is 0 Å². The van der Waals surface area contributed by atoms with Crippen molar-refractivity contribution in [3.05, 3.63) is 35.4 Å². The molecule has 1 aromatic rings. The van der Waals surface area contributed by atoms with E-state index in [1.54, 1.807) is 14.2 Å². The molecular formula is C11H15F2NO. The Hall–Kier alpha value is -1.00. The molecule has 0 amide bonds. The van der Waals surface area contributed by atoms with Crippen molar-refractivity contribution in [3.8, 4) is 0 Å². The first-order valence-corrected chi connectivity index (χ1v) is 4.77. The monoisotopic (exact) mass is 215 g/mol. The third-order valence-electron chi connectivity index (χ3n) is 2.26. The number of rotatable bonds is 5. The first kappa shape index (κ1) is 12.1. The average Bonchev–Trinajstić information content (AvgIpc) is 2.21. The van der Waals surface area contributed by atoms with Gasteiger partial charge in [-0.3, -0.25) is 0 Å². The van der Waals surface area contributed by atoms with Crippen LogP contribution in [-0.2, 0) is 11.2 Å². The highest BCUT2D eigenvalue weighted by atomic mass is 19.1. The molecule has 0 aliphatic carbocycles. The van der Waals surface area contributed by atoms with Crippen molar-refractivity contribution in [3.63, 3.8) is 0 Å². The van der Waals surface area contributed by atoms with E-state index in [2.05, 4.69) is 5.32 Å². The zero-order valence-electron chi connectivity index (χ0n) is 8.89. The number of benzene rings is 1. The van der Waals surface area contributed by atoms with E-state index in [0.717, 1.165) is 6.07 Å². The minimum absolute atomic E-state index is 0.0370. The SMILES string of the molecule is CNC(COC)Cc1ccc(F)cc1F. The summed E-state index contributed by atoms with van der Waals surface area (Å²) in [4.78, 5) is 0. The lowest BCUT2D eigenvalue weighted by Crippen LogP contribution is -2.32. The molecule has 2 nitrogen and oxygen atoms in total. The van der Waals surface area contributed by atoms with Gasteiger partial charge in [-0.2, -0.15) is 0 Å². The largest absolute Gasteiger partial charge is 0.383 e. The van der Waals surface area contributed by atoms with E-state index in [1.807, 2.05) is 0 Å². The fourth-order valence-electron chi connectivity index (χ4n) is 1.40.